The van der Waals surface area contributed by atoms with E-state index in [0.717, 1.165) is 18.4 Å². The third kappa shape index (κ3) is 2.95. The van der Waals surface area contributed by atoms with Crippen LogP contribution in [0.15, 0.2) is 24.3 Å². The van der Waals surface area contributed by atoms with Crippen molar-refractivity contribution in [2.24, 2.45) is 0 Å². The molecular formula is C17H23FN2O. The van der Waals surface area contributed by atoms with Gasteiger partial charge in [0.05, 0.1) is 6.04 Å². The molecule has 1 saturated heterocycles. The molecule has 1 N–H and O–H groups in total. The summed E-state index contributed by atoms with van der Waals surface area (Å²) in [5.74, 6) is -0.0617. The normalized spacial score (nSPS) is 27.9. The van der Waals surface area contributed by atoms with E-state index < -0.39 is 0 Å². The third-order valence-corrected chi connectivity index (χ3v) is 4.71. The first-order valence-corrected chi connectivity index (χ1v) is 8.00. The van der Waals surface area contributed by atoms with Crippen LogP contribution < -0.4 is 5.32 Å². The molecule has 2 unspecified atom stereocenters. The first-order valence-electron chi connectivity index (χ1n) is 8.00. The van der Waals surface area contributed by atoms with E-state index in [-0.39, 0.29) is 23.9 Å². The monoisotopic (exact) mass is 290 g/mol. The number of nitrogens with one attached hydrogen (secondary N) is 1. The highest BCUT2D eigenvalue weighted by Crippen LogP contribution is 2.32. The van der Waals surface area contributed by atoms with Crippen LogP contribution in [0.3, 0.4) is 0 Å². The lowest BCUT2D eigenvalue weighted by atomic mass is 10.0. The van der Waals surface area contributed by atoms with Crippen molar-refractivity contribution < 1.29 is 9.18 Å². The fourth-order valence-corrected chi connectivity index (χ4v) is 3.57. The van der Waals surface area contributed by atoms with E-state index in [1.807, 2.05) is 11.8 Å². The van der Waals surface area contributed by atoms with Gasteiger partial charge in [-0.1, -0.05) is 37.8 Å². The van der Waals surface area contributed by atoms with Crippen LogP contribution in [0, 0.1) is 5.82 Å². The Morgan fingerprint density at radius 1 is 1.10 bits per heavy atom. The highest BCUT2D eigenvalue weighted by molar-refractivity contribution is 5.84. The molecule has 0 aromatic heterocycles. The van der Waals surface area contributed by atoms with Crippen LogP contribution in [0.5, 0.6) is 0 Å². The minimum Gasteiger partial charge on any atom is -0.319 e. The Morgan fingerprint density at radius 3 is 2.33 bits per heavy atom. The van der Waals surface area contributed by atoms with Crippen LogP contribution in [-0.4, -0.2) is 22.9 Å². The number of halogens is 1. The summed E-state index contributed by atoms with van der Waals surface area (Å²) >= 11 is 0. The summed E-state index contributed by atoms with van der Waals surface area (Å²) in [7, 11) is 0. The molecule has 1 aromatic rings. The fourth-order valence-electron chi connectivity index (χ4n) is 3.57. The van der Waals surface area contributed by atoms with E-state index >= 15 is 0 Å². The van der Waals surface area contributed by atoms with Gasteiger partial charge in [0.1, 0.15) is 12.0 Å². The Kier molecular flexibility index (Phi) is 4.24. The van der Waals surface area contributed by atoms with E-state index in [9.17, 15) is 9.18 Å². The van der Waals surface area contributed by atoms with E-state index in [1.165, 1.54) is 37.8 Å². The highest BCUT2D eigenvalue weighted by atomic mass is 19.1. The lowest BCUT2D eigenvalue weighted by Crippen LogP contribution is -2.39. The Morgan fingerprint density at radius 2 is 1.71 bits per heavy atom. The van der Waals surface area contributed by atoms with Gasteiger partial charge in [0.25, 0.3) is 0 Å². The first-order chi connectivity index (χ1) is 10.2. The standard InChI is InChI=1S/C17H23FN2O/c1-12-17(21)20(15-6-4-2-3-5-7-15)16(19-12)13-8-10-14(18)11-9-13/h8-12,15-16,19H,2-7H2,1H3. The number of amides is 1. The number of hydrogen-bond acceptors (Lipinski definition) is 2. The molecule has 2 atom stereocenters. The van der Waals surface area contributed by atoms with Gasteiger partial charge in [0.15, 0.2) is 0 Å². The summed E-state index contributed by atoms with van der Waals surface area (Å²) in [6, 6.07) is 6.64. The lowest BCUT2D eigenvalue weighted by Gasteiger charge is -2.32. The van der Waals surface area contributed by atoms with Gasteiger partial charge in [0.2, 0.25) is 5.91 Å². The molecule has 2 fully saturated rings. The second-order valence-corrected chi connectivity index (χ2v) is 6.23. The molecule has 3 rings (SSSR count). The van der Waals surface area contributed by atoms with Gasteiger partial charge in [0, 0.05) is 6.04 Å². The zero-order valence-corrected chi connectivity index (χ0v) is 12.5. The molecule has 0 radical (unpaired) electrons. The first kappa shape index (κ1) is 14.5. The average Bonchev–Trinajstić information content (AvgIpc) is 2.69. The minimum absolute atomic E-state index is 0.115. The van der Waals surface area contributed by atoms with Crippen LogP contribution >= 0.6 is 0 Å². The molecule has 0 bridgehead atoms. The predicted molar refractivity (Wildman–Crippen MR) is 80.1 cm³/mol. The largest absolute Gasteiger partial charge is 0.319 e. The van der Waals surface area contributed by atoms with Gasteiger partial charge in [-0.15, -0.1) is 0 Å². The number of carbonyl (C=O) groups is 1. The Labute approximate surface area is 125 Å². The molecule has 1 aliphatic carbocycles. The van der Waals surface area contributed by atoms with E-state index in [0.29, 0.717) is 6.04 Å². The molecule has 21 heavy (non-hydrogen) atoms. The molecule has 114 valence electrons. The molecule has 1 aromatic carbocycles. The van der Waals surface area contributed by atoms with E-state index in [4.69, 9.17) is 0 Å². The minimum atomic E-state index is -0.239. The topological polar surface area (TPSA) is 32.3 Å². The summed E-state index contributed by atoms with van der Waals surface area (Å²) in [6.07, 6.45) is 6.97. The summed E-state index contributed by atoms with van der Waals surface area (Å²) in [5, 5.41) is 3.36. The Balaban J connectivity index is 1.86. The molecule has 1 amide bonds. The second-order valence-electron chi connectivity index (χ2n) is 6.23. The molecule has 2 aliphatic rings. The maximum Gasteiger partial charge on any atom is 0.241 e. The fraction of sp³-hybridized carbons (Fsp3) is 0.588. The van der Waals surface area contributed by atoms with Crippen molar-refractivity contribution in [1.29, 1.82) is 0 Å². The van der Waals surface area contributed by atoms with Gasteiger partial charge in [-0.05, 0) is 37.5 Å². The third-order valence-electron chi connectivity index (χ3n) is 4.71. The van der Waals surface area contributed by atoms with Crippen LogP contribution in [0.2, 0.25) is 0 Å². The smallest absolute Gasteiger partial charge is 0.241 e. The number of benzene rings is 1. The average molecular weight is 290 g/mol. The maximum absolute atomic E-state index is 13.1. The summed E-state index contributed by atoms with van der Waals surface area (Å²) in [4.78, 5) is 14.6. The predicted octanol–water partition coefficient (Wildman–Crippen LogP) is 3.37. The highest BCUT2D eigenvalue weighted by Gasteiger charge is 2.40. The second kappa shape index (κ2) is 6.14. The van der Waals surface area contributed by atoms with Gasteiger partial charge in [-0.2, -0.15) is 0 Å². The van der Waals surface area contributed by atoms with Crippen molar-refractivity contribution in [3.63, 3.8) is 0 Å². The Hall–Kier alpha value is -1.42. The molecule has 1 heterocycles. The molecule has 1 aliphatic heterocycles. The van der Waals surface area contributed by atoms with Gasteiger partial charge < -0.3 is 4.90 Å². The number of rotatable bonds is 2. The van der Waals surface area contributed by atoms with Crippen molar-refractivity contribution >= 4 is 5.91 Å². The molecular weight excluding hydrogens is 267 g/mol. The molecule has 1 saturated carbocycles. The van der Waals surface area contributed by atoms with Crippen LogP contribution in [-0.2, 0) is 4.79 Å². The zero-order valence-electron chi connectivity index (χ0n) is 12.5. The van der Waals surface area contributed by atoms with Crippen molar-refractivity contribution in [2.45, 2.75) is 63.7 Å². The SMILES string of the molecule is CC1NC(c2ccc(F)cc2)N(C2CCCCCC2)C1=O. The summed E-state index contributed by atoms with van der Waals surface area (Å²) in [6.45, 7) is 1.91. The van der Waals surface area contributed by atoms with E-state index in [2.05, 4.69) is 5.32 Å². The van der Waals surface area contributed by atoms with Gasteiger partial charge >= 0.3 is 0 Å². The maximum atomic E-state index is 13.1. The number of nitrogens with zero attached hydrogens (tertiary/aromatic N) is 1. The molecule has 3 nitrogen and oxygen atoms in total. The summed E-state index contributed by atoms with van der Waals surface area (Å²) in [5.41, 5.74) is 0.971. The zero-order chi connectivity index (χ0) is 14.8. The summed E-state index contributed by atoms with van der Waals surface area (Å²) < 4.78 is 13.1. The quantitative estimate of drug-likeness (QED) is 0.847. The van der Waals surface area contributed by atoms with Crippen LogP contribution in [0.1, 0.15) is 57.2 Å². The number of carbonyl (C=O) groups excluding carboxylic acids is 1. The van der Waals surface area contributed by atoms with Gasteiger partial charge in [-0.25, -0.2) is 4.39 Å². The van der Waals surface area contributed by atoms with Crippen molar-refractivity contribution in [2.75, 3.05) is 0 Å². The number of hydrogen-bond donors (Lipinski definition) is 1. The Bertz CT molecular complexity index is 494. The van der Waals surface area contributed by atoms with Crippen molar-refractivity contribution in [3.05, 3.63) is 35.6 Å². The van der Waals surface area contributed by atoms with Crippen molar-refractivity contribution in [1.82, 2.24) is 10.2 Å². The van der Waals surface area contributed by atoms with Crippen LogP contribution in [0.4, 0.5) is 4.39 Å². The molecule has 0 spiro atoms. The van der Waals surface area contributed by atoms with Crippen molar-refractivity contribution in [3.8, 4) is 0 Å². The van der Waals surface area contributed by atoms with Crippen LogP contribution in [0.25, 0.3) is 0 Å². The molecule has 4 heteroatoms. The lowest BCUT2D eigenvalue weighted by molar-refractivity contribution is -0.132. The van der Waals surface area contributed by atoms with Gasteiger partial charge in [-0.3, -0.25) is 10.1 Å². The van der Waals surface area contributed by atoms with E-state index in [1.54, 1.807) is 12.1 Å².